The molecule has 0 aliphatic carbocycles. The maximum Gasteiger partial charge on any atom is 0.240 e. The summed E-state index contributed by atoms with van der Waals surface area (Å²) >= 11 is 0. The SMILES string of the molecule is Cc1cc(N)cc(N2CCCC2C(N)=O)c1. The summed E-state index contributed by atoms with van der Waals surface area (Å²) in [6.45, 7) is 2.87. The van der Waals surface area contributed by atoms with Gasteiger partial charge >= 0.3 is 0 Å². The lowest BCUT2D eigenvalue weighted by molar-refractivity contribution is -0.119. The van der Waals surface area contributed by atoms with Gasteiger partial charge in [-0.05, 0) is 43.5 Å². The average molecular weight is 219 g/mol. The van der Waals surface area contributed by atoms with Crippen molar-refractivity contribution in [3.05, 3.63) is 23.8 Å². The molecule has 0 bridgehead atoms. The molecular formula is C12H17N3O. The van der Waals surface area contributed by atoms with Crippen molar-refractivity contribution < 1.29 is 4.79 Å². The number of primary amides is 1. The molecule has 2 rings (SSSR count). The van der Waals surface area contributed by atoms with Gasteiger partial charge in [-0.15, -0.1) is 0 Å². The monoisotopic (exact) mass is 219 g/mol. The summed E-state index contributed by atoms with van der Waals surface area (Å²) in [5.41, 5.74) is 14.0. The number of nitrogens with zero attached hydrogens (tertiary/aromatic N) is 1. The third-order valence-corrected chi connectivity index (χ3v) is 3.00. The number of nitrogen functional groups attached to an aromatic ring is 1. The predicted molar refractivity (Wildman–Crippen MR) is 65.2 cm³/mol. The first-order valence-electron chi connectivity index (χ1n) is 5.51. The Morgan fingerprint density at radius 3 is 2.81 bits per heavy atom. The van der Waals surface area contributed by atoms with Crippen LogP contribution in [-0.4, -0.2) is 18.5 Å². The number of benzene rings is 1. The Morgan fingerprint density at radius 2 is 2.19 bits per heavy atom. The number of amides is 1. The van der Waals surface area contributed by atoms with Gasteiger partial charge in [0.15, 0.2) is 0 Å². The van der Waals surface area contributed by atoms with Gasteiger partial charge in [-0.2, -0.15) is 0 Å². The molecule has 0 radical (unpaired) electrons. The number of hydrogen-bond acceptors (Lipinski definition) is 3. The zero-order valence-electron chi connectivity index (χ0n) is 9.44. The van der Waals surface area contributed by atoms with Crippen molar-refractivity contribution in [2.75, 3.05) is 17.2 Å². The summed E-state index contributed by atoms with van der Waals surface area (Å²) in [7, 11) is 0. The highest BCUT2D eigenvalue weighted by atomic mass is 16.1. The van der Waals surface area contributed by atoms with Crippen LogP contribution >= 0.6 is 0 Å². The second-order valence-corrected chi connectivity index (χ2v) is 4.36. The molecular weight excluding hydrogens is 202 g/mol. The number of aryl methyl sites for hydroxylation is 1. The van der Waals surface area contributed by atoms with E-state index in [1.165, 1.54) is 0 Å². The Bertz CT molecular complexity index is 396. The molecule has 0 aromatic heterocycles. The maximum atomic E-state index is 11.3. The van der Waals surface area contributed by atoms with Crippen LogP contribution in [0.4, 0.5) is 11.4 Å². The van der Waals surface area contributed by atoms with Gasteiger partial charge in [0.2, 0.25) is 5.91 Å². The molecule has 86 valence electrons. The molecule has 1 amide bonds. The third-order valence-electron chi connectivity index (χ3n) is 3.00. The van der Waals surface area contributed by atoms with Gasteiger partial charge in [0.25, 0.3) is 0 Å². The second-order valence-electron chi connectivity index (χ2n) is 4.36. The molecule has 4 heteroatoms. The van der Waals surface area contributed by atoms with Crippen LogP contribution in [0.5, 0.6) is 0 Å². The molecule has 16 heavy (non-hydrogen) atoms. The van der Waals surface area contributed by atoms with Crippen LogP contribution in [-0.2, 0) is 4.79 Å². The van der Waals surface area contributed by atoms with Gasteiger partial charge in [-0.25, -0.2) is 0 Å². The highest BCUT2D eigenvalue weighted by Crippen LogP contribution is 2.27. The minimum Gasteiger partial charge on any atom is -0.399 e. The molecule has 1 unspecified atom stereocenters. The van der Waals surface area contributed by atoms with E-state index in [1.54, 1.807) is 0 Å². The quantitative estimate of drug-likeness (QED) is 0.730. The van der Waals surface area contributed by atoms with Crippen LogP contribution in [0.1, 0.15) is 18.4 Å². The van der Waals surface area contributed by atoms with Crippen LogP contribution in [0.15, 0.2) is 18.2 Å². The van der Waals surface area contributed by atoms with Crippen molar-refractivity contribution in [2.24, 2.45) is 5.73 Å². The van der Waals surface area contributed by atoms with Crippen molar-refractivity contribution in [1.82, 2.24) is 0 Å². The van der Waals surface area contributed by atoms with Gasteiger partial charge in [-0.3, -0.25) is 4.79 Å². The first-order valence-corrected chi connectivity index (χ1v) is 5.51. The lowest BCUT2D eigenvalue weighted by atomic mass is 10.1. The van der Waals surface area contributed by atoms with E-state index in [2.05, 4.69) is 0 Å². The van der Waals surface area contributed by atoms with Crippen molar-refractivity contribution >= 4 is 17.3 Å². The number of hydrogen-bond donors (Lipinski definition) is 2. The lowest BCUT2D eigenvalue weighted by Crippen LogP contribution is -2.40. The molecule has 0 spiro atoms. The molecule has 1 aromatic carbocycles. The standard InChI is InChI=1S/C12H17N3O/c1-8-5-9(13)7-10(6-8)15-4-2-3-11(15)12(14)16/h5-7,11H,2-4,13H2,1H3,(H2,14,16). The highest BCUT2D eigenvalue weighted by molar-refractivity contribution is 5.84. The number of carbonyl (C=O) groups is 1. The summed E-state index contributed by atoms with van der Waals surface area (Å²) in [6, 6.07) is 5.67. The Kier molecular flexibility index (Phi) is 2.73. The Labute approximate surface area is 95.2 Å². The van der Waals surface area contributed by atoms with Gasteiger partial charge in [-0.1, -0.05) is 0 Å². The van der Waals surface area contributed by atoms with E-state index in [1.807, 2.05) is 30.0 Å². The fourth-order valence-corrected chi connectivity index (χ4v) is 2.33. The van der Waals surface area contributed by atoms with Crippen molar-refractivity contribution in [2.45, 2.75) is 25.8 Å². The van der Waals surface area contributed by atoms with Gasteiger partial charge in [0.05, 0.1) is 0 Å². The Balaban J connectivity index is 2.32. The fraction of sp³-hybridized carbons (Fsp3) is 0.417. The first kappa shape index (κ1) is 10.8. The predicted octanol–water partition coefficient (Wildman–Crippen LogP) is 1.03. The van der Waals surface area contributed by atoms with Crippen LogP contribution in [0.25, 0.3) is 0 Å². The second kappa shape index (κ2) is 4.04. The van der Waals surface area contributed by atoms with Crippen molar-refractivity contribution in [3.63, 3.8) is 0 Å². The van der Waals surface area contributed by atoms with E-state index in [9.17, 15) is 4.79 Å². The third kappa shape index (κ3) is 1.96. The van der Waals surface area contributed by atoms with E-state index < -0.39 is 0 Å². The van der Waals surface area contributed by atoms with E-state index in [0.29, 0.717) is 0 Å². The summed E-state index contributed by atoms with van der Waals surface area (Å²) in [4.78, 5) is 13.4. The molecule has 0 saturated carbocycles. The Hall–Kier alpha value is -1.71. The number of rotatable bonds is 2. The van der Waals surface area contributed by atoms with E-state index in [-0.39, 0.29) is 11.9 Å². The normalized spacial score (nSPS) is 20.1. The maximum absolute atomic E-state index is 11.3. The number of nitrogens with two attached hydrogens (primary N) is 2. The molecule has 4 nitrogen and oxygen atoms in total. The summed E-state index contributed by atoms with van der Waals surface area (Å²) < 4.78 is 0. The fourth-order valence-electron chi connectivity index (χ4n) is 2.33. The van der Waals surface area contributed by atoms with Crippen molar-refractivity contribution in [1.29, 1.82) is 0 Å². The minimum atomic E-state index is -0.252. The molecule has 1 aromatic rings. The molecule has 1 heterocycles. The Morgan fingerprint density at radius 1 is 1.44 bits per heavy atom. The molecule has 1 aliphatic rings. The number of carbonyl (C=O) groups excluding carboxylic acids is 1. The minimum absolute atomic E-state index is 0.179. The first-order chi connectivity index (χ1) is 7.58. The van der Waals surface area contributed by atoms with Crippen LogP contribution in [0, 0.1) is 6.92 Å². The zero-order valence-corrected chi connectivity index (χ0v) is 9.44. The number of anilines is 2. The lowest BCUT2D eigenvalue weighted by Gasteiger charge is -2.25. The van der Waals surface area contributed by atoms with Crippen LogP contribution in [0.3, 0.4) is 0 Å². The van der Waals surface area contributed by atoms with E-state index >= 15 is 0 Å². The molecule has 4 N–H and O–H groups in total. The summed E-state index contributed by atoms with van der Waals surface area (Å²) in [5, 5.41) is 0. The van der Waals surface area contributed by atoms with Gasteiger partial charge in [0.1, 0.15) is 6.04 Å². The molecule has 1 atom stereocenters. The van der Waals surface area contributed by atoms with Crippen LogP contribution < -0.4 is 16.4 Å². The van der Waals surface area contributed by atoms with Crippen LogP contribution in [0.2, 0.25) is 0 Å². The van der Waals surface area contributed by atoms with E-state index in [4.69, 9.17) is 11.5 Å². The highest BCUT2D eigenvalue weighted by Gasteiger charge is 2.29. The van der Waals surface area contributed by atoms with Crippen molar-refractivity contribution in [3.8, 4) is 0 Å². The van der Waals surface area contributed by atoms with Gasteiger partial charge in [0, 0.05) is 17.9 Å². The topological polar surface area (TPSA) is 72.3 Å². The average Bonchev–Trinajstić information content (AvgIpc) is 2.63. The van der Waals surface area contributed by atoms with Gasteiger partial charge < -0.3 is 16.4 Å². The molecule has 1 fully saturated rings. The zero-order chi connectivity index (χ0) is 11.7. The smallest absolute Gasteiger partial charge is 0.240 e. The summed E-state index contributed by atoms with van der Waals surface area (Å²) in [6.07, 6.45) is 1.84. The molecule has 1 aliphatic heterocycles. The largest absolute Gasteiger partial charge is 0.399 e. The summed E-state index contributed by atoms with van der Waals surface area (Å²) in [5.74, 6) is -0.252. The van der Waals surface area contributed by atoms with E-state index in [0.717, 1.165) is 36.3 Å². The molecule has 1 saturated heterocycles.